The van der Waals surface area contributed by atoms with Crippen LogP contribution in [0.5, 0.6) is 0 Å². The summed E-state index contributed by atoms with van der Waals surface area (Å²) in [5, 5.41) is 3.30. The van der Waals surface area contributed by atoms with Crippen molar-refractivity contribution in [3.05, 3.63) is 72.3 Å². The molecule has 0 aliphatic carbocycles. The first kappa shape index (κ1) is 15.7. The van der Waals surface area contributed by atoms with E-state index in [2.05, 4.69) is 11.5 Å². The zero-order chi connectivity index (χ0) is 17.1. The highest BCUT2D eigenvalue weighted by Gasteiger charge is 2.19. The molecule has 0 aliphatic heterocycles. The summed E-state index contributed by atoms with van der Waals surface area (Å²) < 4.78 is 0. The maximum absolute atomic E-state index is 12.6. The van der Waals surface area contributed by atoms with Gasteiger partial charge in [-0.15, -0.1) is 0 Å². The minimum atomic E-state index is -0.740. The van der Waals surface area contributed by atoms with Crippen LogP contribution in [0, 0.1) is 0 Å². The monoisotopic (exact) mass is 320 g/mol. The number of rotatable bonds is 3. The molecule has 0 fully saturated rings. The summed E-state index contributed by atoms with van der Waals surface area (Å²) in [4.78, 5) is 33.6. The molecule has 4 heteroatoms. The van der Waals surface area contributed by atoms with Gasteiger partial charge in [-0.05, 0) is 34.0 Å². The van der Waals surface area contributed by atoms with Crippen LogP contribution in [0.2, 0.25) is 0 Å². The van der Waals surface area contributed by atoms with Gasteiger partial charge >= 0.3 is 11.9 Å². The molecule has 4 nitrogen and oxygen atoms in total. The molecule has 0 radical (unpaired) electrons. The van der Waals surface area contributed by atoms with E-state index in [0.717, 1.165) is 21.5 Å². The lowest BCUT2D eigenvalue weighted by atomic mass is 9.97. The van der Waals surface area contributed by atoms with E-state index in [1.54, 1.807) is 6.92 Å². The van der Waals surface area contributed by atoms with Crippen molar-refractivity contribution >= 4 is 33.5 Å². The van der Waals surface area contributed by atoms with E-state index in [-0.39, 0.29) is 5.57 Å². The van der Waals surface area contributed by atoms with Crippen LogP contribution in [0.4, 0.5) is 0 Å². The fraction of sp³-hybridized carbons (Fsp3) is 0.100. The third-order valence-corrected chi connectivity index (χ3v) is 3.88. The first-order valence-corrected chi connectivity index (χ1v) is 7.63. The van der Waals surface area contributed by atoms with Crippen LogP contribution in [-0.4, -0.2) is 11.9 Å². The van der Waals surface area contributed by atoms with E-state index in [1.807, 2.05) is 54.6 Å². The van der Waals surface area contributed by atoms with Gasteiger partial charge in [-0.1, -0.05) is 62.0 Å². The van der Waals surface area contributed by atoms with Crippen molar-refractivity contribution < 1.29 is 19.4 Å². The number of hydrogen-bond acceptors (Lipinski definition) is 4. The van der Waals surface area contributed by atoms with Gasteiger partial charge in [0.15, 0.2) is 0 Å². The van der Waals surface area contributed by atoms with Gasteiger partial charge in [-0.3, -0.25) is 0 Å². The molecule has 0 bridgehead atoms. The quantitative estimate of drug-likeness (QED) is 0.307. The zero-order valence-corrected chi connectivity index (χ0v) is 13.2. The molecule has 0 aliphatic rings. The SMILES string of the molecule is C=C(CC)C(=O)OOC(=O)c1c2ccccc2cc2ccccc12. The summed E-state index contributed by atoms with van der Waals surface area (Å²) in [6.45, 7) is 5.33. The van der Waals surface area contributed by atoms with Crippen molar-refractivity contribution in [1.82, 2.24) is 0 Å². The van der Waals surface area contributed by atoms with E-state index >= 15 is 0 Å². The highest BCUT2D eigenvalue weighted by atomic mass is 17.2. The van der Waals surface area contributed by atoms with Crippen LogP contribution in [0.15, 0.2) is 66.7 Å². The Hall–Kier alpha value is -3.14. The molecule has 3 rings (SSSR count). The summed E-state index contributed by atoms with van der Waals surface area (Å²) in [6.07, 6.45) is 0.424. The number of carbonyl (C=O) groups excluding carboxylic acids is 2. The topological polar surface area (TPSA) is 52.6 Å². The van der Waals surface area contributed by atoms with Gasteiger partial charge in [-0.2, -0.15) is 0 Å². The van der Waals surface area contributed by atoms with Crippen LogP contribution in [0.1, 0.15) is 23.7 Å². The highest BCUT2D eigenvalue weighted by molar-refractivity contribution is 6.16. The largest absolute Gasteiger partial charge is 0.387 e. The predicted octanol–water partition coefficient (Wildman–Crippen LogP) is 4.57. The fourth-order valence-corrected chi connectivity index (χ4v) is 2.55. The van der Waals surface area contributed by atoms with E-state index in [4.69, 9.17) is 4.89 Å². The summed E-state index contributed by atoms with van der Waals surface area (Å²) >= 11 is 0. The molecule has 0 aromatic heterocycles. The van der Waals surface area contributed by atoms with Gasteiger partial charge in [0.1, 0.15) is 0 Å². The first-order chi connectivity index (χ1) is 11.6. The van der Waals surface area contributed by atoms with E-state index in [9.17, 15) is 9.59 Å². The molecule has 3 aromatic rings. The van der Waals surface area contributed by atoms with Gasteiger partial charge in [-0.25, -0.2) is 19.4 Å². The molecule has 120 valence electrons. The normalized spacial score (nSPS) is 10.5. The Bertz CT molecular complexity index is 902. The van der Waals surface area contributed by atoms with Crippen molar-refractivity contribution in [3.8, 4) is 0 Å². The van der Waals surface area contributed by atoms with Crippen molar-refractivity contribution in [1.29, 1.82) is 0 Å². The molecule has 24 heavy (non-hydrogen) atoms. The second-order valence-electron chi connectivity index (χ2n) is 5.39. The molecular formula is C20H16O4. The molecule has 3 aromatic carbocycles. The maximum Gasteiger partial charge on any atom is 0.387 e. The Labute approximate surface area is 139 Å². The lowest BCUT2D eigenvalue weighted by molar-refractivity contribution is -0.229. The van der Waals surface area contributed by atoms with E-state index in [0.29, 0.717) is 12.0 Å². The van der Waals surface area contributed by atoms with Crippen LogP contribution >= 0.6 is 0 Å². The molecule has 0 spiro atoms. The molecule has 0 saturated carbocycles. The average Bonchev–Trinajstić information content (AvgIpc) is 2.63. The lowest BCUT2D eigenvalue weighted by Gasteiger charge is -2.10. The Morgan fingerprint density at radius 3 is 2.00 bits per heavy atom. The third kappa shape index (κ3) is 2.86. The standard InChI is InChI=1S/C20H16O4/c1-3-13(2)19(21)23-24-20(22)18-16-10-6-4-8-14(16)12-15-9-5-7-11-17(15)18/h4-12H,2-3H2,1H3. The molecule has 0 heterocycles. The Morgan fingerprint density at radius 1 is 0.917 bits per heavy atom. The molecule has 0 amide bonds. The minimum absolute atomic E-state index is 0.241. The molecule has 0 atom stereocenters. The lowest BCUT2D eigenvalue weighted by Crippen LogP contribution is -2.13. The Balaban J connectivity index is 2.04. The van der Waals surface area contributed by atoms with Crippen molar-refractivity contribution in [2.45, 2.75) is 13.3 Å². The number of fused-ring (bicyclic) bond motifs is 2. The number of benzene rings is 3. The molecular weight excluding hydrogens is 304 g/mol. The summed E-state index contributed by atoms with van der Waals surface area (Å²) in [7, 11) is 0. The summed E-state index contributed by atoms with van der Waals surface area (Å²) in [5.41, 5.74) is 0.615. The van der Waals surface area contributed by atoms with Crippen molar-refractivity contribution in [3.63, 3.8) is 0 Å². The van der Waals surface area contributed by atoms with Gasteiger partial charge < -0.3 is 0 Å². The molecule has 0 saturated heterocycles. The Morgan fingerprint density at radius 2 is 1.46 bits per heavy atom. The summed E-state index contributed by atoms with van der Waals surface area (Å²) in [6, 6.07) is 17.0. The zero-order valence-electron chi connectivity index (χ0n) is 13.2. The minimum Gasteiger partial charge on any atom is -0.242 e. The highest BCUT2D eigenvalue weighted by Crippen LogP contribution is 2.29. The van der Waals surface area contributed by atoms with Crippen molar-refractivity contribution in [2.75, 3.05) is 0 Å². The third-order valence-electron chi connectivity index (χ3n) is 3.88. The Kier molecular flexibility index (Phi) is 4.29. The molecule has 0 N–H and O–H groups in total. The van der Waals surface area contributed by atoms with Crippen LogP contribution < -0.4 is 0 Å². The smallest absolute Gasteiger partial charge is 0.242 e. The van der Waals surface area contributed by atoms with Gasteiger partial charge in [0.05, 0.1) is 5.56 Å². The maximum atomic E-state index is 12.6. The predicted molar refractivity (Wildman–Crippen MR) is 92.4 cm³/mol. The van der Waals surface area contributed by atoms with E-state index in [1.165, 1.54) is 0 Å². The van der Waals surface area contributed by atoms with Crippen LogP contribution in [0.25, 0.3) is 21.5 Å². The van der Waals surface area contributed by atoms with Crippen LogP contribution in [0.3, 0.4) is 0 Å². The number of carbonyl (C=O) groups is 2. The van der Waals surface area contributed by atoms with Gasteiger partial charge in [0, 0.05) is 5.57 Å². The second-order valence-corrected chi connectivity index (χ2v) is 5.39. The first-order valence-electron chi connectivity index (χ1n) is 7.63. The van der Waals surface area contributed by atoms with Gasteiger partial charge in [0.25, 0.3) is 0 Å². The summed E-state index contributed by atoms with van der Waals surface area (Å²) in [5.74, 6) is -1.45. The van der Waals surface area contributed by atoms with Gasteiger partial charge in [0.2, 0.25) is 0 Å². The van der Waals surface area contributed by atoms with Crippen LogP contribution in [-0.2, 0) is 14.6 Å². The molecule has 0 unspecified atom stereocenters. The van der Waals surface area contributed by atoms with Crippen molar-refractivity contribution in [2.24, 2.45) is 0 Å². The second kappa shape index (κ2) is 6.54. The average molecular weight is 320 g/mol. The fourth-order valence-electron chi connectivity index (χ4n) is 2.55. The van der Waals surface area contributed by atoms with E-state index < -0.39 is 11.9 Å². The number of hydrogen-bond donors (Lipinski definition) is 0.